The summed E-state index contributed by atoms with van der Waals surface area (Å²) in [4.78, 5) is 30.5. The van der Waals surface area contributed by atoms with Gasteiger partial charge in [-0.25, -0.2) is 4.39 Å². The van der Waals surface area contributed by atoms with E-state index in [9.17, 15) is 14.4 Å². The van der Waals surface area contributed by atoms with Gasteiger partial charge in [0.05, 0.1) is 42.4 Å². The lowest BCUT2D eigenvalue weighted by Gasteiger charge is -2.42. The third kappa shape index (κ3) is 6.56. The van der Waals surface area contributed by atoms with Crippen molar-refractivity contribution in [1.29, 1.82) is 5.26 Å². The number of piperazine rings is 1. The van der Waals surface area contributed by atoms with Crippen molar-refractivity contribution >= 4 is 39.8 Å². The number of carbonyl (C=O) groups is 1. The summed E-state index contributed by atoms with van der Waals surface area (Å²) in [6, 6.07) is 14.2. The first-order valence-electron chi connectivity index (χ1n) is 15.5. The van der Waals surface area contributed by atoms with Crippen LogP contribution in [0.2, 0.25) is 5.02 Å². The van der Waals surface area contributed by atoms with Crippen LogP contribution in [0.3, 0.4) is 0 Å². The molecule has 2 aromatic carbocycles. The van der Waals surface area contributed by atoms with Gasteiger partial charge >= 0.3 is 6.01 Å². The summed E-state index contributed by atoms with van der Waals surface area (Å²) in [6.07, 6.45) is 4.08. The Balaban J connectivity index is 1.32. The normalized spacial score (nSPS) is 18.9. The van der Waals surface area contributed by atoms with Gasteiger partial charge in [-0.2, -0.15) is 15.2 Å². The van der Waals surface area contributed by atoms with E-state index in [4.69, 9.17) is 26.3 Å². The molecule has 1 aromatic heterocycles. The number of rotatable bonds is 10. The van der Waals surface area contributed by atoms with Gasteiger partial charge in [-0.1, -0.05) is 42.4 Å². The van der Waals surface area contributed by atoms with Crippen LogP contribution in [-0.4, -0.2) is 85.1 Å². The number of carbonyl (C=O) groups excluding carboxylic acids is 1. The van der Waals surface area contributed by atoms with E-state index in [0.29, 0.717) is 43.7 Å². The summed E-state index contributed by atoms with van der Waals surface area (Å²) in [5.74, 6) is -1.02. The van der Waals surface area contributed by atoms with Gasteiger partial charge in [0, 0.05) is 48.2 Å². The van der Waals surface area contributed by atoms with Crippen LogP contribution >= 0.6 is 11.6 Å². The van der Waals surface area contributed by atoms with E-state index in [-0.39, 0.29) is 18.4 Å². The average molecular weight is 632 g/mol. The average Bonchev–Trinajstić information content (AvgIpc) is 3.82. The lowest BCUT2D eigenvalue weighted by molar-refractivity contribution is -0.131. The van der Waals surface area contributed by atoms with Crippen molar-refractivity contribution in [3.8, 4) is 12.1 Å². The Morgan fingerprint density at radius 1 is 1.18 bits per heavy atom. The van der Waals surface area contributed by atoms with E-state index in [1.54, 1.807) is 0 Å². The molecular weight excluding hydrogens is 593 g/mol. The summed E-state index contributed by atoms with van der Waals surface area (Å²) in [6.45, 7) is 7.09. The van der Waals surface area contributed by atoms with Crippen LogP contribution in [0, 0.1) is 16.7 Å². The van der Waals surface area contributed by atoms with Crippen LogP contribution in [-0.2, 0) is 17.8 Å². The predicted molar refractivity (Wildman–Crippen MR) is 174 cm³/mol. The molecular formula is C34H39ClFN7O2. The largest absolute Gasteiger partial charge is 0.463 e. The standard InChI is InChI=1S/C34H39ClFN7O2/c1-23(36)32(44)43-19-18-42(20-25(43)10-15-37)31-26-11-16-41(29-9-5-7-24-6-4-8-27(35)30(24)29)21-28(26)38-33(39-31)45-22-34(12-13-34)14-17-40(2)3/h4-9,25H,1,10-14,16-22H2,2-3H3/t25-/m0/s1. The van der Waals surface area contributed by atoms with Crippen molar-refractivity contribution in [3.05, 3.63) is 65.1 Å². The fraction of sp³-hybridized carbons (Fsp3) is 0.471. The molecule has 3 aromatic rings. The summed E-state index contributed by atoms with van der Waals surface area (Å²) >= 11 is 6.70. The summed E-state index contributed by atoms with van der Waals surface area (Å²) in [7, 11) is 4.17. The maximum atomic E-state index is 13.8. The molecule has 1 aliphatic carbocycles. The molecule has 2 fully saturated rings. The highest BCUT2D eigenvalue weighted by Crippen LogP contribution is 2.49. The molecule has 0 bridgehead atoms. The highest BCUT2D eigenvalue weighted by molar-refractivity contribution is 6.36. The molecule has 9 nitrogen and oxygen atoms in total. The zero-order valence-electron chi connectivity index (χ0n) is 25.9. The Hall–Kier alpha value is -3.94. The number of halogens is 2. The van der Waals surface area contributed by atoms with Gasteiger partial charge in [-0.3, -0.25) is 4.79 Å². The zero-order chi connectivity index (χ0) is 31.7. The van der Waals surface area contributed by atoms with Crippen LogP contribution in [0.1, 0.15) is 36.9 Å². The number of benzene rings is 2. The number of aromatic nitrogens is 2. The second-order valence-corrected chi connectivity index (χ2v) is 13.2. The van der Waals surface area contributed by atoms with Crippen molar-refractivity contribution in [2.45, 2.75) is 44.7 Å². The van der Waals surface area contributed by atoms with Gasteiger partial charge in [-0.15, -0.1) is 0 Å². The first-order valence-corrected chi connectivity index (χ1v) is 15.9. The van der Waals surface area contributed by atoms with Gasteiger partial charge in [0.2, 0.25) is 0 Å². The lowest BCUT2D eigenvalue weighted by Crippen LogP contribution is -2.55. The van der Waals surface area contributed by atoms with E-state index >= 15 is 0 Å². The molecule has 236 valence electrons. The van der Waals surface area contributed by atoms with Crippen LogP contribution in [0.5, 0.6) is 6.01 Å². The third-order valence-electron chi connectivity index (χ3n) is 9.35. The summed E-state index contributed by atoms with van der Waals surface area (Å²) in [5.41, 5.74) is 3.12. The SMILES string of the molecule is C=C(F)C(=O)N1CCN(c2nc(OCC3(CCN(C)C)CC3)nc3c2CCN(c2cccc4cccc(Cl)c24)C3)C[C@@H]1CC#N. The number of nitriles is 1. The van der Waals surface area contributed by atoms with E-state index in [1.165, 1.54) is 4.90 Å². The fourth-order valence-electron chi connectivity index (χ4n) is 6.53. The highest BCUT2D eigenvalue weighted by Gasteiger charge is 2.43. The van der Waals surface area contributed by atoms with Gasteiger partial charge in [0.1, 0.15) is 5.82 Å². The van der Waals surface area contributed by atoms with Crippen molar-refractivity contribution in [2.75, 3.05) is 63.2 Å². The number of ether oxygens (including phenoxy) is 1. The minimum Gasteiger partial charge on any atom is -0.463 e. The lowest BCUT2D eigenvalue weighted by atomic mass is 10.0. The predicted octanol–water partition coefficient (Wildman–Crippen LogP) is 5.37. The smallest absolute Gasteiger partial charge is 0.318 e. The minimum atomic E-state index is -1.02. The van der Waals surface area contributed by atoms with Crippen molar-refractivity contribution < 1.29 is 13.9 Å². The Bertz CT molecular complexity index is 1650. The maximum absolute atomic E-state index is 13.8. The third-order valence-corrected chi connectivity index (χ3v) is 9.67. The van der Waals surface area contributed by atoms with Crippen LogP contribution < -0.4 is 14.5 Å². The molecule has 0 N–H and O–H groups in total. The molecule has 1 saturated carbocycles. The van der Waals surface area contributed by atoms with Gasteiger partial charge in [0.15, 0.2) is 5.83 Å². The molecule has 1 amide bonds. The first kappa shape index (κ1) is 31.1. The van der Waals surface area contributed by atoms with Crippen molar-refractivity contribution in [1.82, 2.24) is 19.8 Å². The molecule has 0 spiro atoms. The van der Waals surface area contributed by atoms with Crippen LogP contribution in [0.4, 0.5) is 15.9 Å². The van der Waals surface area contributed by atoms with Gasteiger partial charge in [0.25, 0.3) is 5.91 Å². The number of hydrogen-bond donors (Lipinski definition) is 0. The van der Waals surface area contributed by atoms with Crippen molar-refractivity contribution in [3.63, 3.8) is 0 Å². The second kappa shape index (κ2) is 12.8. The quantitative estimate of drug-likeness (QED) is 0.276. The van der Waals surface area contributed by atoms with E-state index < -0.39 is 17.8 Å². The highest BCUT2D eigenvalue weighted by atomic mass is 35.5. The van der Waals surface area contributed by atoms with E-state index in [2.05, 4.69) is 65.7 Å². The number of anilines is 2. The van der Waals surface area contributed by atoms with Gasteiger partial charge in [-0.05, 0) is 63.8 Å². The molecule has 11 heteroatoms. The topological polar surface area (TPSA) is 88.8 Å². The Morgan fingerprint density at radius 3 is 2.67 bits per heavy atom. The molecule has 3 aliphatic rings. The molecule has 3 heterocycles. The zero-order valence-corrected chi connectivity index (χ0v) is 26.7. The molecule has 2 aliphatic heterocycles. The Kier molecular flexibility index (Phi) is 8.85. The fourth-order valence-corrected chi connectivity index (χ4v) is 6.81. The Morgan fingerprint density at radius 2 is 1.96 bits per heavy atom. The monoisotopic (exact) mass is 631 g/mol. The Labute approximate surface area is 268 Å². The van der Waals surface area contributed by atoms with E-state index in [0.717, 1.165) is 65.9 Å². The minimum absolute atomic E-state index is 0.0795. The first-order chi connectivity index (χ1) is 21.7. The van der Waals surface area contributed by atoms with E-state index in [1.807, 2.05) is 12.1 Å². The summed E-state index contributed by atoms with van der Waals surface area (Å²) in [5, 5.41) is 12.3. The number of fused-ring (bicyclic) bond motifs is 2. The molecule has 45 heavy (non-hydrogen) atoms. The molecule has 0 radical (unpaired) electrons. The molecule has 1 atom stereocenters. The maximum Gasteiger partial charge on any atom is 0.318 e. The van der Waals surface area contributed by atoms with Crippen molar-refractivity contribution in [2.24, 2.45) is 5.41 Å². The second-order valence-electron chi connectivity index (χ2n) is 12.7. The number of nitrogens with zero attached hydrogens (tertiary/aromatic N) is 7. The summed E-state index contributed by atoms with van der Waals surface area (Å²) < 4.78 is 20.2. The van der Waals surface area contributed by atoms with Crippen LogP contribution in [0.25, 0.3) is 10.8 Å². The number of amides is 1. The molecule has 6 rings (SSSR count). The molecule has 0 unspecified atom stereocenters. The molecule has 1 saturated heterocycles. The van der Waals surface area contributed by atoms with Gasteiger partial charge < -0.3 is 24.3 Å². The number of hydrogen-bond acceptors (Lipinski definition) is 8. The van der Waals surface area contributed by atoms with Crippen LogP contribution in [0.15, 0.2) is 48.8 Å².